The van der Waals surface area contributed by atoms with Crippen molar-refractivity contribution in [2.24, 2.45) is 0 Å². The van der Waals surface area contributed by atoms with Crippen LogP contribution < -0.4 is 15.4 Å². The summed E-state index contributed by atoms with van der Waals surface area (Å²) in [5.41, 5.74) is 0.589. The lowest BCUT2D eigenvalue weighted by molar-refractivity contribution is -0.112. The van der Waals surface area contributed by atoms with Crippen LogP contribution in [0.1, 0.15) is 0 Å². The van der Waals surface area contributed by atoms with Crippen LogP contribution in [0.15, 0.2) is 36.0 Å². The first-order valence-corrected chi connectivity index (χ1v) is 5.99. The molecule has 1 amide bonds. The molecule has 0 atom stereocenters. The topological polar surface area (TPSA) is 83.4 Å². The van der Waals surface area contributed by atoms with E-state index in [1.165, 1.54) is 6.20 Å². The standard InChI is InChI=1S/C14H17N3O3/c1-19-8-7-16-10-11(9-15)14(18)17-12-3-5-13(20-2)6-4-12/h3-6,10,16H,7-8H2,1-2H3,(H,17,18)/b11-10-. The molecule has 0 radical (unpaired) electrons. The quantitative estimate of drug-likeness (QED) is 0.445. The van der Waals surface area contributed by atoms with Gasteiger partial charge in [0.1, 0.15) is 17.4 Å². The highest BCUT2D eigenvalue weighted by Crippen LogP contribution is 2.15. The number of rotatable bonds is 7. The summed E-state index contributed by atoms with van der Waals surface area (Å²) in [5, 5.41) is 14.4. The average molecular weight is 275 g/mol. The molecule has 0 saturated heterocycles. The lowest BCUT2D eigenvalue weighted by Gasteiger charge is -2.06. The van der Waals surface area contributed by atoms with Crippen molar-refractivity contribution in [3.63, 3.8) is 0 Å². The molecule has 0 spiro atoms. The first kappa shape index (κ1) is 15.5. The molecule has 6 nitrogen and oxygen atoms in total. The van der Waals surface area contributed by atoms with Crippen LogP contribution in [0.4, 0.5) is 5.69 Å². The fourth-order valence-corrected chi connectivity index (χ4v) is 1.36. The van der Waals surface area contributed by atoms with Crippen LogP contribution in [0.5, 0.6) is 5.75 Å². The van der Waals surface area contributed by atoms with E-state index in [-0.39, 0.29) is 5.57 Å². The first-order chi connectivity index (χ1) is 9.71. The van der Waals surface area contributed by atoms with Crippen LogP contribution in [0, 0.1) is 11.3 Å². The van der Waals surface area contributed by atoms with Crippen molar-refractivity contribution in [1.82, 2.24) is 5.32 Å². The van der Waals surface area contributed by atoms with Gasteiger partial charge in [-0.2, -0.15) is 5.26 Å². The molecule has 0 unspecified atom stereocenters. The maximum Gasteiger partial charge on any atom is 0.267 e. The van der Waals surface area contributed by atoms with Gasteiger partial charge in [-0.25, -0.2) is 0 Å². The number of nitrogens with zero attached hydrogens (tertiary/aromatic N) is 1. The Balaban J connectivity index is 2.60. The Hall–Kier alpha value is -2.52. The zero-order chi connectivity index (χ0) is 14.8. The van der Waals surface area contributed by atoms with Gasteiger partial charge in [0.25, 0.3) is 5.91 Å². The lowest BCUT2D eigenvalue weighted by atomic mass is 10.2. The summed E-state index contributed by atoms with van der Waals surface area (Å²) in [6, 6.07) is 8.69. The van der Waals surface area contributed by atoms with E-state index in [4.69, 9.17) is 14.7 Å². The van der Waals surface area contributed by atoms with Crippen LogP contribution in [-0.2, 0) is 9.53 Å². The van der Waals surface area contributed by atoms with E-state index in [0.29, 0.717) is 24.6 Å². The monoisotopic (exact) mass is 275 g/mol. The summed E-state index contributed by atoms with van der Waals surface area (Å²) in [4.78, 5) is 11.9. The van der Waals surface area contributed by atoms with Gasteiger partial charge in [-0.05, 0) is 24.3 Å². The van der Waals surface area contributed by atoms with E-state index >= 15 is 0 Å². The number of methoxy groups -OCH3 is 2. The lowest BCUT2D eigenvalue weighted by Crippen LogP contribution is -2.18. The molecule has 0 fully saturated rings. The van der Waals surface area contributed by atoms with Crippen molar-refractivity contribution >= 4 is 11.6 Å². The van der Waals surface area contributed by atoms with E-state index in [9.17, 15) is 4.79 Å². The summed E-state index contributed by atoms with van der Waals surface area (Å²) in [6.07, 6.45) is 1.37. The second kappa shape index (κ2) is 8.56. The molecule has 0 aliphatic heterocycles. The zero-order valence-corrected chi connectivity index (χ0v) is 11.5. The number of hydrogen-bond donors (Lipinski definition) is 2. The smallest absolute Gasteiger partial charge is 0.267 e. The predicted octanol–water partition coefficient (Wildman–Crippen LogP) is 1.28. The molecule has 0 aliphatic carbocycles. The number of carbonyl (C=O) groups is 1. The minimum absolute atomic E-state index is 0.00285. The highest BCUT2D eigenvalue weighted by molar-refractivity contribution is 6.06. The normalized spacial score (nSPS) is 10.6. The van der Waals surface area contributed by atoms with Crippen LogP contribution in [0.3, 0.4) is 0 Å². The van der Waals surface area contributed by atoms with Gasteiger partial charge >= 0.3 is 0 Å². The Labute approximate surface area is 118 Å². The summed E-state index contributed by atoms with van der Waals surface area (Å²) in [5.74, 6) is 0.225. The van der Waals surface area contributed by atoms with Crippen LogP contribution >= 0.6 is 0 Å². The van der Waals surface area contributed by atoms with Gasteiger partial charge in [0.2, 0.25) is 0 Å². The number of benzene rings is 1. The minimum Gasteiger partial charge on any atom is -0.497 e. The summed E-state index contributed by atoms with van der Waals surface area (Å²) in [6.45, 7) is 1.02. The van der Waals surface area contributed by atoms with Gasteiger partial charge in [-0.3, -0.25) is 4.79 Å². The molecule has 1 aromatic rings. The molecule has 0 saturated carbocycles. The maximum atomic E-state index is 11.9. The van der Waals surface area contributed by atoms with Crippen molar-refractivity contribution in [2.75, 3.05) is 32.7 Å². The van der Waals surface area contributed by atoms with Crippen molar-refractivity contribution in [1.29, 1.82) is 5.26 Å². The fraction of sp³-hybridized carbons (Fsp3) is 0.286. The van der Waals surface area contributed by atoms with Crippen LogP contribution in [-0.4, -0.2) is 33.3 Å². The van der Waals surface area contributed by atoms with Crippen molar-refractivity contribution < 1.29 is 14.3 Å². The summed E-state index contributed by atoms with van der Waals surface area (Å²) in [7, 11) is 3.14. The van der Waals surface area contributed by atoms with Crippen LogP contribution in [0.25, 0.3) is 0 Å². The third-order valence-corrected chi connectivity index (χ3v) is 2.41. The molecule has 6 heteroatoms. The molecule has 20 heavy (non-hydrogen) atoms. The number of amides is 1. The molecule has 0 bridgehead atoms. The van der Waals surface area contributed by atoms with Gasteiger partial charge in [0, 0.05) is 25.5 Å². The second-order valence-electron chi connectivity index (χ2n) is 3.80. The molecular formula is C14H17N3O3. The third-order valence-electron chi connectivity index (χ3n) is 2.41. The molecular weight excluding hydrogens is 258 g/mol. The first-order valence-electron chi connectivity index (χ1n) is 5.99. The zero-order valence-electron chi connectivity index (χ0n) is 11.5. The second-order valence-corrected chi connectivity index (χ2v) is 3.80. The molecule has 1 rings (SSSR count). The van der Waals surface area contributed by atoms with Crippen LogP contribution in [0.2, 0.25) is 0 Å². The molecule has 0 heterocycles. The van der Waals surface area contributed by atoms with E-state index in [1.54, 1.807) is 38.5 Å². The summed E-state index contributed by atoms with van der Waals surface area (Å²) < 4.78 is 9.87. The minimum atomic E-state index is -0.470. The third kappa shape index (κ3) is 5.00. The Kier molecular flexibility index (Phi) is 6.65. The highest BCUT2D eigenvalue weighted by atomic mass is 16.5. The van der Waals surface area contributed by atoms with E-state index in [0.717, 1.165) is 0 Å². The Morgan fingerprint density at radius 3 is 2.60 bits per heavy atom. The number of hydrogen-bond acceptors (Lipinski definition) is 5. The van der Waals surface area contributed by atoms with Crippen molar-refractivity contribution in [3.8, 4) is 11.8 Å². The number of ether oxygens (including phenoxy) is 2. The van der Waals surface area contributed by atoms with Crippen molar-refractivity contribution in [3.05, 3.63) is 36.0 Å². The maximum absolute atomic E-state index is 11.9. The van der Waals surface area contributed by atoms with Gasteiger partial charge in [-0.1, -0.05) is 0 Å². The number of carbonyl (C=O) groups excluding carboxylic acids is 1. The molecule has 0 aromatic heterocycles. The Morgan fingerprint density at radius 2 is 2.05 bits per heavy atom. The molecule has 1 aromatic carbocycles. The Morgan fingerprint density at radius 1 is 1.35 bits per heavy atom. The average Bonchev–Trinajstić information content (AvgIpc) is 2.48. The van der Waals surface area contributed by atoms with E-state index < -0.39 is 5.91 Å². The SMILES string of the molecule is COCCN/C=C(/C#N)C(=O)Nc1ccc(OC)cc1. The van der Waals surface area contributed by atoms with E-state index in [1.807, 2.05) is 6.07 Å². The largest absolute Gasteiger partial charge is 0.497 e. The van der Waals surface area contributed by atoms with Gasteiger partial charge < -0.3 is 20.1 Å². The Bertz CT molecular complexity index is 503. The van der Waals surface area contributed by atoms with Gasteiger partial charge in [0.15, 0.2) is 0 Å². The number of nitriles is 1. The summed E-state index contributed by atoms with van der Waals surface area (Å²) >= 11 is 0. The van der Waals surface area contributed by atoms with Gasteiger partial charge in [0.05, 0.1) is 13.7 Å². The predicted molar refractivity (Wildman–Crippen MR) is 75.2 cm³/mol. The van der Waals surface area contributed by atoms with Gasteiger partial charge in [-0.15, -0.1) is 0 Å². The highest BCUT2D eigenvalue weighted by Gasteiger charge is 2.08. The van der Waals surface area contributed by atoms with Crippen molar-refractivity contribution in [2.45, 2.75) is 0 Å². The number of nitrogens with one attached hydrogen (secondary N) is 2. The van der Waals surface area contributed by atoms with E-state index in [2.05, 4.69) is 10.6 Å². The molecule has 0 aliphatic rings. The number of anilines is 1. The fourth-order valence-electron chi connectivity index (χ4n) is 1.36. The molecule has 2 N–H and O–H groups in total. The molecule has 106 valence electrons.